The van der Waals surface area contributed by atoms with Crippen LogP contribution in [0.1, 0.15) is 29.0 Å². The van der Waals surface area contributed by atoms with Crippen LogP contribution >= 0.6 is 0 Å². The highest BCUT2D eigenvalue weighted by Crippen LogP contribution is 2.24. The molecule has 1 aromatic carbocycles. The van der Waals surface area contributed by atoms with Crippen molar-refractivity contribution < 1.29 is 22.4 Å². The number of rotatable bonds is 8. The SMILES string of the molecule is C=CCNC(=O)c1cccc(S(=O)(=O)N2CCC(C(=O)NCc3ccco3)CC2)c1. The average molecular weight is 432 g/mol. The normalized spacial score (nSPS) is 15.5. The molecule has 1 aliphatic rings. The van der Waals surface area contributed by atoms with E-state index in [-0.39, 0.29) is 41.3 Å². The number of sulfonamides is 1. The van der Waals surface area contributed by atoms with Crippen LogP contribution in [0.4, 0.5) is 0 Å². The van der Waals surface area contributed by atoms with E-state index in [9.17, 15) is 18.0 Å². The van der Waals surface area contributed by atoms with Crippen molar-refractivity contribution in [2.45, 2.75) is 24.3 Å². The quantitative estimate of drug-likeness (QED) is 0.621. The number of carbonyl (C=O) groups excluding carboxylic acids is 2. The van der Waals surface area contributed by atoms with Crippen molar-refractivity contribution in [1.29, 1.82) is 0 Å². The lowest BCUT2D eigenvalue weighted by molar-refractivity contribution is -0.126. The van der Waals surface area contributed by atoms with Gasteiger partial charge in [0, 0.05) is 31.1 Å². The van der Waals surface area contributed by atoms with Crippen LogP contribution in [0.5, 0.6) is 0 Å². The van der Waals surface area contributed by atoms with Gasteiger partial charge in [-0.15, -0.1) is 6.58 Å². The maximum absolute atomic E-state index is 13.0. The summed E-state index contributed by atoms with van der Waals surface area (Å²) >= 11 is 0. The molecule has 9 heteroatoms. The van der Waals surface area contributed by atoms with Crippen LogP contribution in [0.3, 0.4) is 0 Å². The Balaban J connectivity index is 1.59. The molecular formula is C21H25N3O5S. The summed E-state index contributed by atoms with van der Waals surface area (Å²) in [6.07, 6.45) is 3.96. The Morgan fingerprint density at radius 3 is 2.60 bits per heavy atom. The van der Waals surface area contributed by atoms with Gasteiger partial charge in [0.15, 0.2) is 0 Å². The zero-order chi connectivity index (χ0) is 21.6. The van der Waals surface area contributed by atoms with Gasteiger partial charge in [-0.1, -0.05) is 12.1 Å². The van der Waals surface area contributed by atoms with Crippen LogP contribution in [0, 0.1) is 5.92 Å². The Morgan fingerprint density at radius 1 is 1.17 bits per heavy atom. The maximum atomic E-state index is 13.0. The van der Waals surface area contributed by atoms with Crippen molar-refractivity contribution in [1.82, 2.24) is 14.9 Å². The second-order valence-electron chi connectivity index (χ2n) is 7.00. The van der Waals surface area contributed by atoms with E-state index < -0.39 is 10.0 Å². The van der Waals surface area contributed by atoms with Gasteiger partial charge in [0.05, 0.1) is 17.7 Å². The summed E-state index contributed by atoms with van der Waals surface area (Å²) < 4.78 is 32.6. The van der Waals surface area contributed by atoms with Crippen molar-refractivity contribution >= 4 is 21.8 Å². The third-order valence-electron chi connectivity index (χ3n) is 4.98. The molecule has 0 aliphatic carbocycles. The van der Waals surface area contributed by atoms with Gasteiger partial charge in [-0.05, 0) is 43.2 Å². The number of amides is 2. The highest BCUT2D eigenvalue weighted by molar-refractivity contribution is 7.89. The molecule has 0 unspecified atom stereocenters. The molecule has 0 bridgehead atoms. The number of nitrogens with one attached hydrogen (secondary N) is 2. The molecule has 0 spiro atoms. The number of benzene rings is 1. The van der Waals surface area contributed by atoms with Gasteiger partial charge in [-0.3, -0.25) is 9.59 Å². The minimum atomic E-state index is -3.75. The first-order valence-corrected chi connectivity index (χ1v) is 11.1. The zero-order valence-corrected chi connectivity index (χ0v) is 17.4. The van der Waals surface area contributed by atoms with Crippen molar-refractivity contribution in [3.05, 3.63) is 66.6 Å². The van der Waals surface area contributed by atoms with Gasteiger partial charge in [-0.2, -0.15) is 4.31 Å². The molecule has 8 nitrogen and oxygen atoms in total. The minimum Gasteiger partial charge on any atom is -0.467 e. The van der Waals surface area contributed by atoms with E-state index in [1.54, 1.807) is 36.6 Å². The number of piperidine rings is 1. The summed E-state index contributed by atoms with van der Waals surface area (Å²) in [5.41, 5.74) is 0.269. The summed E-state index contributed by atoms with van der Waals surface area (Å²) in [5.74, 6) is -0.0500. The Labute approximate surface area is 176 Å². The fraction of sp³-hybridized carbons (Fsp3) is 0.333. The molecule has 2 heterocycles. The largest absolute Gasteiger partial charge is 0.467 e. The minimum absolute atomic E-state index is 0.0643. The van der Waals surface area contributed by atoms with Gasteiger partial charge in [0.2, 0.25) is 15.9 Å². The highest BCUT2D eigenvalue weighted by Gasteiger charge is 2.32. The first-order chi connectivity index (χ1) is 14.4. The number of nitrogens with zero attached hydrogens (tertiary/aromatic N) is 1. The van der Waals surface area contributed by atoms with E-state index in [0.29, 0.717) is 31.7 Å². The fourth-order valence-electron chi connectivity index (χ4n) is 3.30. The maximum Gasteiger partial charge on any atom is 0.251 e. The van der Waals surface area contributed by atoms with E-state index in [2.05, 4.69) is 17.2 Å². The van der Waals surface area contributed by atoms with Crippen LogP contribution in [-0.2, 0) is 21.4 Å². The Morgan fingerprint density at radius 2 is 1.93 bits per heavy atom. The predicted molar refractivity (Wildman–Crippen MR) is 111 cm³/mol. The summed E-state index contributed by atoms with van der Waals surface area (Å²) in [5, 5.41) is 5.46. The van der Waals surface area contributed by atoms with Gasteiger partial charge in [-0.25, -0.2) is 8.42 Å². The summed E-state index contributed by atoms with van der Waals surface area (Å²) in [6, 6.07) is 9.49. The molecule has 2 N–H and O–H groups in total. The van der Waals surface area contributed by atoms with E-state index in [0.717, 1.165) is 0 Å². The van der Waals surface area contributed by atoms with Gasteiger partial charge >= 0.3 is 0 Å². The first kappa shape index (κ1) is 21.8. The zero-order valence-electron chi connectivity index (χ0n) is 16.5. The number of hydrogen-bond acceptors (Lipinski definition) is 5. The molecule has 0 radical (unpaired) electrons. The molecule has 1 fully saturated rings. The van der Waals surface area contributed by atoms with Gasteiger partial charge in [0.25, 0.3) is 5.91 Å². The second-order valence-corrected chi connectivity index (χ2v) is 8.94. The third kappa shape index (κ3) is 5.17. The second kappa shape index (κ2) is 9.73. The van der Waals surface area contributed by atoms with Crippen molar-refractivity contribution in [3.63, 3.8) is 0 Å². The molecule has 0 saturated carbocycles. The molecular weight excluding hydrogens is 406 g/mol. The van der Waals surface area contributed by atoms with Crippen molar-refractivity contribution in [3.8, 4) is 0 Å². The van der Waals surface area contributed by atoms with E-state index in [1.165, 1.54) is 16.4 Å². The van der Waals surface area contributed by atoms with E-state index in [1.807, 2.05) is 0 Å². The molecule has 30 heavy (non-hydrogen) atoms. The molecule has 2 aromatic rings. The molecule has 2 amide bonds. The van der Waals surface area contributed by atoms with Crippen LogP contribution in [0.25, 0.3) is 0 Å². The average Bonchev–Trinajstić information content (AvgIpc) is 3.29. The lowest BCUT2D eigenvalue weighted by Gasteiger charge is -2.30. The third-order valence-corrected chi connectivity index (χ3v) is 6.88. The topological polar surface area (TPSA) is 109 Å². The van der Waals surface area contributed by atoms with Crippen LogP contribution in [0.15, 0.2) is 64.6 Å². The van der Waals surface area contributed by atoms with Crippen LogP contribution in [0.2, 0.25) is 0 Å². The number of furan rings is 1. The molecule has 1 saturated heterocycles. The lowest BCUT2D eigenvalue weighted by atomic mass is 9.97. The van der Waals surface area contributed by atoms with Crippen LogP contribution in [-0.4, -0.2) is 44.2 Å². The smallest absolute Gasteiger partial charge is 0.251 e. The molecule has 0 atom stereocenters. The molecule has 3 rings (SSSR count). The molecule has 1 aliphatic heterocycles. The molecule has 1 aromatic heterocycles. The fourth-order valence-corrected chi connectivity index (χ4v) is 4.82. The monoisotopic (exact) mass is 431 g/mol. The Kier molecular flexibility index (Phi) is 7.07. The van der Waals surface area contributed by atoms with Crippen LogP contribution < -0.4 is 10.6 Å². The number of hydrogen-bond donors (Lipinski definition) is 2. The van der Waals surface area contributed by atoms with Gasteiger partial charge in [0.1, 0.15) is 5.76 Å². The standard InChI is InChI=1S/C21H25N3O5S/c1-2-10-22-21(26)17-5-3-7-19(14-17)30(27,28)24-11-8-16(9-12-24)20(25)23-15-18-6-4-13-29-18/h2-7,13-14,16H,1,8-12,15H2,(H,22,26)(H,23,25). The molecule has 160 valence electrons. The highest BCUT2D eigenvalue weighted by atomic mass is 32.2. The Hall–Kier alpha value is -2.91. The van der Waals surface area contributed by atoms with Crippen molar-refractivity contribution in [2.75, 3.05) is 19.6 Å². The Bertz CT molecular complexity index is 993. The summed E-state index contributed by atoms with van der Waals surface area (Å²) in [7, 11) is -3.75. The van der Waals surface area contributed by atoms with Gasteiger partial charge < -0.3 is 15.1 Å². The predicted octanol–water partition coefficient (Wildman–Crippen LogP) is 1.91. The first-order valence-electron chi connectivity index (χ1n) is 9.71. The number of carbonyl (C=O) groups is 2. The van der Waals surface area contributed by atoms with E-state index >= 15 is 0 Å². The van der Waals surface area contributed by atoms with Crippen molar-refractivity contribution in [2.24, 2.45) is 5.92 Å². The summed E-state index contributed by atoms with van der Waals surface area (Å²) in [6.45, 7) is 4.63. The summed E-state index contributed by atoms with van der Waals surface area (Å²) in [4.78, 5) is 24.5. The lowest BCUT2D eigenvalue weighted by Crippen LogP contribution is -2.42. The van der Waals surface area contributed by atoms with E-state index in [4.69, 9.17) is 4.42 Å².